The third kappa shape index (κ3) is 3.90. The zero-order valence-electron chi connectivity index (χ0n) is 10.7. The van der Waals surface area contributed by atoms with Crippen molar-refractivity contribution in [3.05, 3.63) is 35.8 Å². The molecule has 0 unspecified atom stereocenters. The van der Waals surface area contributed by atoms with Gasteiger partial charge in [-0.1, -0.05) is 19.9 Å². The van der Waals surface area contributed by atoms with Crippen molar-refractivity contribution < 1.29 is 0 Å². The molecular formula is C13H20N4. The standard InChI is InChI=1S/C11H14N4.C2H6/c1-8-4-3-7-13-11(8)15-10-6-2-5-9(12)14-10;1-2/h3-4,6-7H,2,5H2,1H3,(H2,12,14)(H,13,15);1-2H3. The normalized spacial score (nSPS) is 14.1. The van der Waals surface area contributed by atoms with E-state index in [4.69, 9.17) is 5.73 Å². The molecule has 2 rings (SSSR count). The second-order valence-corrected chi connectivity index (χ2v) is 3.53. The molecule has 0 aliphatic carbocycles. The van der Waals surface area contributed by atoms with Gasteiger partial charge >= 0.3 is 0 Å². The summed E-state index contributed by atoms with van der Waals surface area (Å²) in [6, 6.07) is 3.92. The maximum Gasteiger partial charge on any atom is 0.134 e. The van der Waals surface area contributed by atoms with Crippen LogP contribution in [0.15, 0.2) is 35.2 Å². The van der Waals surface area contributed by atoms with Crippen molar-refractivity contribution in [2.75, 3.05) is 5.32 Å². The lowest BCUT2D eigenvalue weighted by Crippen LogP contribution is -2.16. The molecule has 0 bridgehead atoms. The van der Waals surface area contributed by atoms with Gasteiger partial charge in [-0.3, -0.25) is 0 Å². The Labute approximate surface area is 103 Å². The van der Waals surface area contributed by atoms with Gasteiger partial charge in [-0.15, -0.1) is 0 Å². The zero-order chi connectivity index (χ0) is 12.7. The molecule has 17 heavy (non-hydrogen) atoms. The number of anilines is 1. The van der Waals surface area contributed by atoms with Crippen LogP contribution in [0.5, 0.6) is 0 Å². The van der Waals surface area contributed by atoms with Crippen molar-refractivity contribution in [3.63, 3.8) is 0 Å². The molecule has 0 saturated carbocycles. The highest BCUT2D eigenvalue weighted by Crippen LogP contribution is 2.15. The number of aryl methyl sites for hydroxylation is 1. The van der Waals surface area contributed by atoms with Gasteiger partial charge in [-0.05, 0) is 31.1 Å². The van der Waals surface area contributed by atoms with Crippen molar-refractivity contribution in [3.8, 4) is 0 Å². The summed E-state index contributed by atoms with van der Waals surface area (Å²) in [6.45, 7) is 6.01. The van der Waals surface area contributed by atoms with Gasteiger partial charge in [0.05, 0.1) is 0 Å². The summed E-state index contributed by atoms with van der Waals surface area (Å²) >= 11 is 0. The fraction of sp³-hybridized carbons (Fsp3) is 0.385. The fourth-order valence-corrected chi connectivity index (χ4v) is 1.43. The van der Waals surface area contributed by atoms with E-state index < -0.39 is 0 Å². The molecule has 1 aliphatic rings. The Balaban J connectivity index is 0.000000686. The highest BCUT2D eigenvalue weighted by Gasteiger charge is 2.05. The van der Waals surface area contributed by atoms with E-state index in [1.165, 1.54) is 0 Å². The number of aromatic nitrogens is 1. The lowest BCUT2D eigenvalue weighted by Gasteiger charge is -2.12. The zero-order valence-corrected chi connectivity index (χ0v) is 10.7. The molecule has 4 nitrogen and oxygen atoms in total. The smallest absolute Gasteiger partial charge is 0.134 e. The van der Waals surface area contributed by atoms with Crippen LogP contribution in [0.4, 0.5) is 5.82 Å². The first-order valence-electron chi connectivity index (χ1n) is 5.97. The first kappa shape index (κ1) is 13.2. The number of pyridine rings is 1. The van der Waals surface area contributed by atoms with Crippen LogP contribution in [0.3, 0.4) is 0 Å². The summed E-state index contributed by atoms with van der Waals surface area (Å²) in [6.07, 6.45) is 5.56. The molecule has 0 aromatic carbocycles. The van der Waals surface area contributed by atoms with Gasteiger partial charge in [-0.25, -0.2) is 9.98 Å². The highest BCUT2D eigenvalue weighted by atomic mass is 15.1. The van der Waals surface area contributed by atoms with Crippen LogP contribution in [0.2, 0.25) is 0 Å². The Hall–Kier alpha value is -1.84. The number of amidine groups is 1. The topological polar surface area (TPSA) is 63.3 Å². The molecule has 0 radical (unpaired) electrons. The van der Waals surface area contributed by atoms with Crippen molar-refractivity contribution in [2.45, 2.75) is 33.6 Å². The Morgan fingerprint density at radius 1 is 1.35 bits per heavy atom. The number of hydrogen-bond donors (Lipinski definition) is 2. The molecule has 0 atom stereocenters. The minimum atomic E-state index is 0.675. The number of allylic oxidation sites excluding steroid dienone is 1. The minimum Gasteiger partial charge on any atom is -0.387 e. The number of rotatable bonds is 2. The monoisotopic (exact) mass is 232 g/mol. The fourth-order valence-electron chi connectivity index (χ4n) is 1.43. The quantitative estimate of drug-likeness (QED) is 0.824. The second-order valence-electron chi connectivity index (χ2n) is 3.53. The SMILES string of the molecule is CC.Cc1cccnc1NC1=CCCC(N)=N1. The Morgan fingerprint density at radius 3 is 2.76 bits per heavy atom. The number of nitrogens with one attached hydrogen (secondary N) is 1. The third-order valence-electron chi connectivity index (χ3n) is 2.26. The molecule has 0 saturated heterocycles. The lowest BCUT2D eigenvalue weighted by atomic mass is 10.2. The Bertz CT molecular complexity index is 421. The number of nitrogens with two attached hydrogens (primary N) is 1. The van der Waals surface area contributed by atoms with Gasteiger partial charge < -0.3 is 11.1 Å². The maximum absolute atomic E-state index is 5.67. The van der Waals surface area contributed by atoms with E-state index in [0.717, 1.165) is 30.0 Å². The number of aliphatic imine (C=N–C) groups is 1. The Kier molecular flexibility index (Phi) is 5.20. The van der Waals surface area contributed by atoms with Crippen LogP contribution in [0, 0.1) is 6.92 Å². The van der Waals surface area contributed by atoms with Gasteiger partial charge in [0, 0.05) is 12.6 Å². The summed E-state index contributed by atoms with van der Waals surface area (Å²) in [7, 11) is 0. The molecule has 1 aliphatic heterocycles. The second kappa shape index (κ2) is 6.68. The Morgan fingerprint density at radius 2 is 2.12 bits per heavy atom. The van der Waals surface area contributed by atoms with E-state index in [9.17, 15) is 0 Å². The van der Waals surface area contributed by atoms with Crippen LogP contribution >= 0.6 is 0 Å². The lowest BCUT2D eigenvalue weighted by molar-refractivity contribution is 1.00. The molecule has 1 aromatic rings. The molecule has 0 amide bonds. The summed E-state index contributed by atoms with van der Waals surface area (Å²) in [4.78, 5) is 8.46. The predicted molar refractivity (Wildman–Crippen MR) is 72.9 cm³/mol. The summed E-state index contributed by atoms with van der Waals surface area (Å²) in [5.41, 5.74) is 6.76. The highest BCUT2D eigenvalue weighted by molar-refractivity contribution is 5.82. The van der Waals surface area contributed by atoms with E-state index >= 15 is 0 Å². The van der Waals surface area contributed by atoms with E-state index in [2.05, 4.69) is 15.3 Å². The molecule has 0 spiro atoms. The largest absolute Gasteiger partial charge is 0.387 e. The maximum atomic E-state index is 5.67. The van der Waals surface area contributed by atoms with Crippen molar-refractivity contribution >= 4 is 11.7 Å². The molecular weight excluding hydrogens is 212 g/mol. The number of hydrogen-bond acceptors (Lipinski definition) is 4. The van der Waals surface area contributed by atoms with Crippen LogP contribution in [-0.2, 0) is 0 Å². The van der Waals surface area contributed by atoms with Crippen molar-refractivity contribution in [1.82, 2.24) is 4.98 Å². The average molecular weight is 232 g/mol. The molecule has 92 valence electrons. The molecule has 0 fully saturated rings. The van der Waals surface area contributed by atoms with Gasteiger partial charge in [-0.2, -0.15) is 0 Å². The first-order chi connectivity index (χ1) is 8.25. The van der Waals surface area contributed by atoms with Crippen molar-refractivity contribution in [2.24, 2.45) is 10.7 Å². The third-order valence-corrected chi connectivity index (χ3v) is 2.26. The van der Waals surface area contributed by atoms with Gasteiger partial charge in [0.2, 0.25) is 0 Å². The first-order valence-corrected chi connectivity index (χ1v) is 5.97. The van der Waals surface area contributed by atoms with Crippen LogP contribution in [0.25, 0.3) is 0 Å². The van der Waals surface area contributed by atoms with Gasteiger partial charge in [0.1, 0.15) is 17.5 Å². The summed E-state index contributed by atoms with van der Waals surface area (Å²) in [5, 5.41) is 3.16. The van der Waals surface area contributed by atoms with Gasteiger partial charge in [0.15, 0.2) is 0 Å². The predicted octanol–water partition coefficient (Wildman–Crippen LogP) is 2.82. The summed E-state index contributed by atoms with van der Waals surface area (Å²) < 4.78 is 0. The summed E-state index contributed by atoms with van der Waals surface area (Å²) in [5.74, 6) is 2.30. The van der Waals surface area contributed by atoms with Crippen LogP contribution < -0.4 is 11.1 Å². The van der Waals surface area contributed by atoms with Crippen molar-refractivity contribution in [1.29, 1.82) is 0 Å². The van der Waals surface area contributed by atoms with Crippen LogP contribution in [-0.4, -0.2) is 10.8 Å². The average Bonchev–Trinajstić information content (AvgIpc) is 2.35. The minimum absolute atomic E-state index is 0.675. The van der Waals surface area contributed by atoms with Crippen LogP contribution in [0.1, 0.15) is 32.3 Å². The molecule has 1 aromatic heterocycles. The molecule has 4 heteroatoms. The van der Waals surface area contributed by atoms with E-state index in [1.807, 2.05) is 39.0 Å². The van der Waals surface area contributed by atoms with E-state index in [1.54, 1.807) is 6.20 Å². The van der Waals surface area contributed by atoms with E-state index in [-0.39, 0.29) is 0 Å². The molecule has 3 N–H and O–H groups in total. The van der Waals surface area contributed by atoms with Gasteiger partial charge in [0.25, 0.3) is 0 Å². The molecule has 2 heterocycles. The van der Waals surface area contributed by atoms with E-state index in [0.29, 0.717) is 5.84 Å². The number of nitrogens with zero attached hydrogens (tertiary/aromatic N) is 2.